The van der Waals surface area contributed by atoms with Gasteiger partial charge in [0.1, 0.15) is 5.82 Å². The number of carbonyl (C=O) groups excluding carboxylic acids is 1. The molecule has 1 aromatic heterocycles. The zero-order valence-corrected chi connectivity index (χ0v) is 13.9. The van der Waals surface area contributed by atoms with Crippen molar-refractivity contribution in [2.45, 2.75) is 45.1 Å². The number of ether oxygens (including phenoxy) is 1. The van der Waals surface area contributed by atoms with Gasteiger partial charge < -0.3 is 19.7 Å². The predicted octanol–water partition coefficient (Wildman–Crippen LogP) is 1.10. The molecular weight excluding hydrogens is 282 g/mol. The minimum atomic E-state index is -0.641. The van der Waals surface area contributed by atoms with Crippen molar-refractivity contribution in [1.82, 2.24) is 14.9 Å². The Bertz CT molecular complexity index is 513. The van der Waals surface area contributed by atoms with Crippen LogP contribution in [-0.2, 0) is 22.4 Å². The molecule has 1 aromatic rings. The molecule has 0 spiro atoms. The maximum Gasteiger partial charge on any atom is 0.225 e. The molecular formula is C16H27N3O3. The molecule has 0 aliphatic heterocycles. The van der Waals surface area contributed by atoms with E-state index in [4.69, 9.17) is 4.74 Å². The molecule has 2 N–H and O–H groups in total. The van der Waals surface area contributed by atoms with Gasteiger partial charge in [-0.25, -0.2) is 4.98 Å². The summed E-state index contributed by atoms with van der Waals surface area (Å²) in [5, 5.41) is 9.75. The first kappa shape index (κ1) is 17.0. The van der Waals surface area contributed by atoms with E-state index in [1.807, 2.05) is 0 Å². The first-order valence-electron chi connectivity index (χ1n) is 7.92. The first-order chi connectivity index (χ1) is 10.4. The molecule has 0 fully saturated rings. The van der Waals surface area contributed by atoms with Crippen molar-refractivity contribution in [2.75, 3.05) is 27.3 Å². The van der Waals surface area contributed by atoms with Gasteiger partial charge in [-0.05, 0) is 12.8 Å². The van der Waals surface area contributed by atoms with Gasteiger partial charge in [-0.2, -0.15) is 0 Å². The highest BCUT2D eigenvalue weighted by atomic mass is 16.5. The number of aryl methyl sites for hydroxylation is 1. The van der Waals surface area contributed by atoms with Gasteiger partial charge in [0.25, 0.3) is 0 Å². The number of nitrogens with zero attached hydrogens (tertiary/aromatic N) is 2. The molecule has 6 heteroatoms. The number of hydrogen-bond donors (Lipinski definition) is 2. The molecule has 22 heavy (non-hydrogen) atoms. The van der Waals surface area contributed by atoms with E-state index >= 15 is 0 Å². The Morgan fingerprint density at radius 2 is 2.27 bits per heavy atom. The van der Waals surface area contributed by atoms with Crippen molar-refractivity contribution in [3.8, 4) is 0 Å². The number of methoxy groups -OCH3 is 1. The number of fused-ring (bicyclic) bond motifs is 1. The van der Waals surface area contributed by atoms with Crippen LogP contribution in [0.1, 0.15) is 43.4 Å². The number of aliphatic hydroxyl groups is 1. The zero-order chi connectivity index (χ0) is 16.3. The van der Waals surface area contributed by atoms with Gasteiger partial charge in [0.15, 0.2) is 0 Å². The summed E-state index contributed by atoms with van der Waals surface area (Å²) in [5.41, 5.74) is 2.20. The Morgan fingerprint density at radius 1 is 1.55 bits per heavy atom. The number of hydrogen-bond acceptors (Lipinski definition) is 4. The number of rotatable bonds is 6. The van der Waals surface area contributed by atoms with E-state index in [0.29, 0.717) is 18.9 Å². The Balaban J connectivity index is 1.97. The number of H-pyrrole nitrogens is 1. The van der Waals surface area contributed by atoms with E-state index in [-0.39, 0.29) is 18.4 Å². The minimum Gasteiger partial charge on any atom is -0.389 e. The highest BCUT2D eigenvalue weighted by Gasteiger charge is 2.29. The van der Waals surface area contributed by atoms with E-state index in [9.17, 15) is 9.90 Å². The molecule has 1 aliphatic rings. The molecule has 0 aromatic carbocycles. The molecule has 6 nitrogen and oxygen atoms in total. The number of carbonyl (C=O) groups is 1. The molecule has 124 valence electrons. The summed E-state index contributed by atoms with van der Waals surface area (Å²) in [6, 6.07) is 0. The van der Waals surface area contributed by atoms with Crippen LogP contribution >= 0.6 is 0 Å². The lowest BCUT2D eigenvalue weighted by atomic mass is 9.89. The normalized spacial score (nSPS) is 19.1. The number of aliphatic hydroxyl groups excluding tert-OH is 1. The first-order valence-corrected chi connectivity index (χ1v) is 7.92. The van der Waals surface area contributed by atoms with Gasteiger partial charge in [-0.3, -0.25) is 4.79 Å². The Morgan fingerprint density at radius 3 is 2.91 bits per heavy atom. The van der Waals surface area contributed by atoms with Gasteiger partial charge in [-0.1, -0.05) is 13.8 Å². The van der Waals surface area contributed by atoms with Crippen molar-refractivity contribution in [2.24, 2.45) is 5.92 Å². The topological polar surface area (TPSA) is 78.5 Å². The van der Waals surface area contributed by atoms with Crippen LogP contribution < -0.4 is 0 Å². The average Bonchev–Trinajstić information content (AvgIpc) is 2.89. The fourth-order valence-electron chi connectivity index (χ4n) is 2.95. The Labute approximate surface area is 131 Å². The predicted molar refractivity (Wildman–Crippen MR) is 83.7 cm³/mol. The van der Waals surface area contributed by atoms with Gasteiger partial charge in [0.2, 0.25) is 5.91 Å². The van der Waals surface area contributed by atoms with Crippen molar-refractivity contribution in [3.63, 3.8) is 0 Å². The number of nitrogens with one attached hydrogen (secondary N) is 1. The minimum absolute atomic E-state index is 0.0345. The SMILES string of the molecule is COCC(O)CN(C)C(=O)C1CCc2nc(C(C)C)[nH]c2C1. The molecule has 1 heterocycles. The average molecular weight is 309 g/mol. The van der Waals surface area contributed by atoms with Gasteiger partial charge in [0.05, 0.1) is 18.4 Å². The summed E-state index contributed by atoms with van der Waals surface area (Å²) in [5.74, 6) is 1.42. The summed E-state index contributed by atoms with van der Waals surface area (Å²) in [7, 11) is 3.28. The van der Waals surface area contributed by atoms with Gasteiger partial charge >= 0.3 is 0 Å². The summed E-state index contributed by atoms with van der Waals surface area (Å²) >= 11 is 0. The highest BCUT2D eigenvalue weighted by molar-refractivity contribution is 5.79. The summed E-state index contributed by atoms with van der Waals surface area (Å²) in [6.07, 6.45) is 1.72. The number of aromatic nitrogens is 2. The molecule has 1 aliphatic carbocycles. The number of imidazole rings is 1. The number of amides is 1. The second-order valence-electron chi connectivity index (χ2n) is 6.47. The molecule has 2 rings (SSSR count). The Kier molecular flexibility index (Phi) is 5.58. The summed E-state index contributed by atoms with van der Waals surface area (Å²) < 4.78 is 4.90. The molecule has 0 radical (unpaired) electrons. The van der Waals surface area contributed by atoms with Crippen molar-refractivity contribution in [3.05, 3.63) is 17.2 Å². The maximum absolute atomic E-state index is 12.5. The standard InChI is InChI=1S/C16H27N3O3/c1-10(2)15-17-13-6-5-11(7-14(13)18-15)16(21)19(3)8-12(20)9-22-4/h10-12,20H,5-9H2,1-4H3,(H,17,18). The lowest BCUT2D eigenvalue weighted by molar-refractivity contribution is -0.136. The molecule has 0 bridgehead atoms. The fraction of sp³-hybridized carbons (Fsp3) is 0.750. The molecule has 2 atom stereocenters. The van der Waals surface area contributed by atoms with E-state index in [2.05, 4.69) is 23.8 Å². The lowest BCUT2D eigenvalue weighted by Crippen LogP contribution is -2.41. The van der Waals surface area contributed by atoms with Gasteiger partial charge in [-0.15, -0.1) is 0 Å². The number of likely N-dealkylation sites (N-methyl/N-ethyl adjacent to an activating group) is 1. The van der Waals surface area contributed by atoms with Crippen LogP contribution in [0.3, 0.4) is 0 Å². The monoisotopic (exact) mass is 309 g/mol. The van der Waals surface area contributed by atoms with Crippen molar-refractivity contribution >= 4 is 5.91 Å². The zero-order valence-electron chi connectivity index (χ0n) is 13.9. The lowest BCUT2D eigenvalue weighted by Gasteiger charge is -2.27. The number of aromatic amines is 1. The van der Waals surface area contributed by atoms with Crippen LogP contribution in [0.5, 0.6) is 0 Å². The van der Waals surface area contributed by atoms with Crippen LogP contribution in [0.25, 0.3) is 0 Å². The maximum atomic E-state index is 12.5. The van der Waals surface area contributed by atoms with E-state index < -0.39 is 6.10 Å². The van der Waals surface area contributed by atoms with Crippen LogP contribution in [0.4, 0.5) is 0 Å². The largest absolute Gasteiger partial charge is 0.389 e. The van der Waals surface area contributed by atoms with Crippen LogP contribution in [0, 0.1) is 5.92 Å². The molecule has 2 unspecified atom stereocenters. The highest BCUT2D eigenvalue weighted by Crippen LogP contribution is 2.27. The second kappa shape index (κ2) is 7.24. The Hall–Kier alpha value is -1.40. The van der Waals surface area contributed by atoms with Gasteiger partial charge in [0, 0.05) is 44.7 Å². The smallest absolute Gasteiger partial charge is 0.225 e. The van der Waals surface area contributed by atoms with Crippen LogP contribution in [0.2, 0.25) is 0 Å². The molecule has 1 amide bonds. The third-order valence-corrected chi connectivity index (χ3v) is 4.18. The second-order valence-corrected chi connectivity index (χ2v) is 6.47. The fourth-order valence-corrected chi connectivity index (χ4v) is 2.95. The van der Waals surface area contributed by atoms with E-state index in [1.165, 1.54) is 7.11 Å². The summed E-state index contributed by atoms with van der Waals surface area (Å²) in [6.45, 7) is 4.76. The molecule has 0 saturated heterocycles. The van der Waals surface area contributed by atoms with Crippen molar-refractivity contribution in [1.29, 1.82) is 0 Å². The molecule has 0 saturated carbocycles. The quantitative estimate of drug-likeness (QED) is 0.825. The third kappa shape index (κ3) is 3.87. The third-order valence-electron chi connectivity index (χ3n) is 4.18. The van der Waals surface area contributed by atoms with Crippen molar-refractivity contribution < 1.29 is 14.6 Å². The van der Waals surface area contributed by atoms with E-state index in [1.54, 1.807) is 11.9 Å². The van der Waals surface area contributed by atoms with E-state index in [0.717, 1.165) is 30.1 Å². The van der Waals surface area contributed by atoms with Crippen LogP contribution in [0.15, 0.2) is 0 Å². The van der Waals surface area contributed by atoms with Crippen LogP contribution in [-0.4, -0.2) is 59.3 Å². The summed E-state index contributed by atoms with van der Waals surface area (Å²) in [4.78, 5) is 22.1.